The van der Waals surface area contributed by atoms with Crippen molar-refractivity contribution < 1.29 is 9.47 Å². The van der Waals surface area contributed by atoms with Crippen LogP contribution in [0.25, 0.3) is 0 Å². The number of fused-ring (bicyclic) bond motifs is 1. The second kappa shape index (κ2) is 5.87. The molecule has 6 heteroatoms. The van der Waals surface area contributed by atoms with Crippen LogP contribution in [-0.2, 0) is 22.3 Å². The number of aryl methyl sites for hydroxylation is 2. The third-order valence-electron chi connectivity index (χ3n) is 4.39. The molecule has 0 saturated carbocycles. The van der Waals surface area contributed by atoms with Gasteiger partial charge in [0.05, 0.1) is 12.2 Å². The molecule has 1 aromatic rings. The van der Waals surface area contributed by atoms with Gasteiger partial charge in [0.15, 0.2) is 0 Å². The van der Waals surface area contributed by atoms with Gasteiger partial charge in [-0.1, -0.05) is 12.2 Å². The second-order valence-corrected chi connectivity index (χ2v) is 6.19. The minimum Gasteiger partial charge on any atom is -0.389 e. The van der Waals surface area contributed by atoms with Crippen LogP contribution in [-0.4, -0.2) is 42.4 Å². The largest absolute Gasteiger partial charge is 0.389 e. The fourth-order valence-corrected chi connectivity index (χ4v) is 3.16. The zero-order chi connectivity index (χ0) is 14.9. The van der Waals surface area contributed by atoms with Crippen LogP contribution in [0.15, 0.2) is 6.07 Å². The van der Waals surface area contributed by atoms with Crippen molar-refractivity contribution in [2.24, 2.45) is 5.73 Å². The van der Waals surface area contributed by atoms with E-state index in [4.69, 9.17) is 32.4 Å². The molecule has 1 aromatic heterocycles. The zero-order valence-corrected chi connectivity index (χ0v) is 13.1. The summed E-state index contributed by atoms with van der Waals surface area (Å²) in [6.45, 7) is 1.98. The van der Waals surface area contributed by atoms with Gasteiger partial charge in [0, 0.05) is 32.4 Å². The average Bonchev–Trinajstić information content (AvgIpc) is 3.13. The Balaban J connectivity index is 1.82. The van der Waals surface area contributed by atoms with E-state index in [1.165, 1.54) is 5.56 Å². The molecule has 0 radical (unpaired) electrons. The van der Waals surface area contributed by atoms with Crippen LogP contribution >= 0.6 is 12.2 Å². The van der Waals surface area contributed by atoms with Gasteiger partial charge in [-0.15, -0.1) is 0 Å². The van der Waals surface area contributed by atoms with Gasteiger partial charge in [-0.3, -0.25) is 0 Å². The van der Waals surface area contributed by atoms with Crippen LogP contribution in [0, 0.1) is 0 Å². The summed E-state index contributed by atoms with van der Waals surface area (Å²) in [5.41, 5.74) is 8.83. The molecule has 3 rings (SSSR count). The number of ether oxygens (including phenoxy) is 2. The maximum Gasteiger partial charge on any atom is 0.136 e. The fraction of sp³-hybridized carbons (Fsp3) is 0.600. The lowest BCUT2D eigenvalue weighted by Crippen LogP contribution is -2.40. The van der Waals surface area contributed by atoms with E-state index >= 15 is 0 Å². The Hall–Kier alpha value is -1.24. The number of hydrogen-bond donors (Lipinski definition) is 2. The van der Waals surface area contributed by atoms with E-state index in [9.17, 15) is 0 Å². The van der Waals surface area contributed by atoms with E-state index in [0.29, 0.717) is 18.1 Å². The predicted molar refractivity (Wildman–Crippen MR) is 85.8 cm³/mol. The molecular weight excluding hydrogens is 286 g/mol. The van der Waals surface area contributed by atoms with Crippen LogP contribution in [0.5, 0.6) is 0 Å². The maximum atomic E-state index is 5.85. The molecule has 0 amide bonds. The summed E-state index contributed by atoms with van der Waals surface area (Å²) >= 11 is 5.17. The molecule has 2 aliphatic rings. The summed E-state index contributed by atoms with van der Waals surface area (Å²) in [6, 6.07) is 2.09. The highest BCUT2D eigenvalue weighted by atomic mass is 32.1. The summed E-state index contributed by atoms with van der Waals surface area (Å²) in [4.78, 5) is 5.11. The molecule has 1 aliphatic carbocycles. The number of hydrogen-bond acceptors (Lipinski definition) is 5. The Labute approximate surface area is 130 Å². The topological polar surface area (TPSA) is 69.4 Å². The molecule has 0 spiro atoms. The van der Waals surface area contributed by atoms with Gasteiger partial charge < -0.3 is 20.5 Å². The highest BCUT2D eigenvalue weighted by Gasteiger charge is 2.35. The number of anilines is 1. The molecule has 1 unspecified atom stereocenters. The van der Waals surface area contributed by atoms with Crippen LogP contribution in [0.3, 0.4) is 0 Å². The SMILES string of the molecule is COC1(CNc2nc3c(cc2C(N)=S)CCC3)CCOC1. The molecule has 114 valence electrons. The van der Waals surface area contributed by atoms with Crippen molar-refractivity contribution in [1.82, 2.24) is 4.98 Å². The number of pyridine rings is 1. The molecule has 5 nitrogen and oxygen atoms in total. The molecule has 1 aliphatic heterocycles. The zero-order valence-electron chi connectivity index (χ0n) is 12.3. The molecule has 0 bridgehead atoms. The molecule has 21 heavy (non-hydrogen) atoms. The molecular formula is C15H21N3O2S. The predicted octanol–water partition coefficient (Wildman–Crippen LogP) is 1.42. The van der Waals surface area contributed by atoms with E-state index < -0.39 is 0 Å². The van der Waals surface area contributed by atoms with Crippen molar-refractivity contribution in [1.29, 1.82) is 0 Å². The van der Waals surface area contributed by atoms with E-state index in [0.717, 1.165) is 49.4 Å². The lowest BCUT2D eigenvalue weighted by Gasteiger charge is -2.26. The molecule has 0 aromatic carbocycles. The first-order chi connectivity index (χ1) is 10.1. The Morgan fingerprint density at radius 1 is 1.57 bits per heavy atom. The summed E-state index contributed by atoms with van der Waals surface area (Å²) in [6.07, 6.45) is 4.12. The third kappa shape index (κ3) is 2.88. The quantitative estimate of drug-likeness (QED) is 0.802. The van der Waals surface area contributed by atoms with Gasteiger partial charge in [-0.2, -0.15) is 0 Å². The smallest absolute Gasteiger partial charge is 0.136 e. The highest BCUT2D eigenvalue weighted by molar-refractivity contribution is 7.80. The average molecular weight is 307 g/mol. The van der Waals surface area contributed by atoms with E-state index in [1.54, 1.807) is 7.11 Å². The number of rotatable bonds is 5. The Kier molecular flexibility index (Phi) is 4.10. The van der Waals surface area contributed by atoms with Gasteiger partial charge >= 0.3 is 0 Å². The maximum absolute atomic E-state index is 5.85. The summed E-state index contributed by atoms with van der Waals surface area (Å²) in [7, 11) is 1.72. The van der Waals surface area contributed by atoms with E-state index in [2.05, 4.69) is 11.4 Å². The number of nitrogens with one attached hydrogen (secondary N) is 1. The normalized spacial score (nSPS) is 24.0. The number of nitrogens with two attached hydrogens (primary N) is 1. The van der Waals surface area contributed by atoms with Gasteiger partial charge in [-0.25, -0.2) is 4.98 Å². The first kappa shape index (κ1) is 14.7. The standard InChI is InChI=1S/C15H21N3O2S/c1-19-15(5-6-20-9-15)8-17-14-11(13(16)21)7-10-3-2-4-12(10)18-14/h7H,2-6,8-9H2,1H3,(H2,16,21)(H,17,18). The monoisotopic (exact) mass is 307 g/mol. The summed E-state index contributed by atoms with van der Waals surface area (Å²) < 4.78 is 11.1. The van der Waals surface area contributed by atoms with Crippen molar-refractivity contribution in [3.05, 3.63) is 22.9 Å². The fourth-order valence-electron chi connectivity index (χ4n) is 3.00. The van der Waals surface area contributed by atoms with E-state index in [-0.39, 0.29) is 5.60 Å². The van der Waals surface area contributed by atoms with Crippen LogP contribution < -0.4 is 11.1 Å². The van der Waals surface area contributed by atoms with Crippen LogP contribution in [0.2, 0.25) is 0 Å². The van der Waals surface area contributed by atoms with Crippen molar-refractivity contribution >= 4 is 23.0 Å². The molecule has 1 atom stereocenters. The van der Waals surface area contributed by atoms with Gasteiger partial charge in [0.2, 0.25) is 0 Å². The van der Waals surface area contributed by atoms with Crippen molar-refractivity contribution in [3.63, 3.8) is 0 Å². The lowest BCUT2D eigenvalue weighted by atomic mass is 10.0. The highest BCUT2D eigenvalue weighted by Crippen LogP contribution is 2.27. The van der Waals surface area contributed by atoms with Gasteiger partial charge in [0.25, 0.3) is 0 Å². The second-order valence-electron chi connectivity index (χ2n) is 5.75. The van der Waals surface area contributed by atoms with Crippen LogP contribution in [0.1, 0.15) is 29.7 Å². The Morgan fingerprint density at radius 2 is 2.43 bits per heavy atom. The number of thiocarbonyl (C=S) groups is 1. The summed E-state index contributed by atoms with van der Waals surface area (Å²) in [5, 5.41) is 3.37. The first-order valence-electron chi connectivity index (χ1n) is 7.33. The van der Waals surface area contributed by atoms with Crippen molar-refractivity contribution in [2.45, 2.75) is 31.3 Å². The third-order valence-corrected chi connectivity index (χ3v) is 4.61. The molecule has 1 fully saturated rings. The Morgan fingerprint density at radius 3 is 3.10 bits per heavy atom. The van der Waals surface area contributed by atoms with Crippen molar-refractivity contribution in [2.75, 3.05) is 32.2 Å². The van der Waals surface area contributed by atoms with Gasteiger partial charge in [0.1, 0.15) is 16.4 Å². The first-order valence-corrected chi connectivity index (χ1v) is 7.74. The van der Waals surface area contributed by atoms with Crippen molar-refractivity contribution in [3.8, 4) is 0 Å². The molecule has 3 N–H and O–H groups in total. The van der Waals surface area contributed by atoms with Crippen LogP contribution in [0.4, 0.5) is 5.82 Å². The molecule has 1 saturated heterocycles. The minimum atomic E-state index is -0.284. The molecule has 2 heterocycles. The number of methoxy groups -OCH3 is 1. The number of nitrogens with zero attached hydrogens (tertiary/aromatic N) is 1. The van der Waals surface area contributed by atoms with Gasteiger partial charge in [-0.05, 0) is 30.9 Å². The summed E-state index contributed by atoms with van der Waals surface area (Å²) in [5.74, 6) is 0.770. The number of aromatic nitrogens is 1. The Bertz CT molecular complexity index is 556. The lowest BCUT2D eigenvalue weighted by molar-refractivity contribution is -0.00625. The minimum absolute atomic E-state index is 0.284. The van der Waals surface area contributed by atoms with E-state index in [1.807, 2.05) is 0 Å².